The van der Waals surface area contributed by atoms with Gasteiger partial charge in [-0.05, 0) is 12.5 Å². The van der Waals surface area contributed by atoms with E-state index in [0.29, 0.717) is 0 Å². The van der Waals surface area contributed by atoms with Crippen LogP contribution in [0.25, 0.3) is 0 Å². The average Bonchev–Trinajstić information content (AvgIpc) is 2.41. The van der Waals surface area contributed by atoms with E-state index in [2.05, 4.69) is 28.2 Å². The summed E-state index contributed by atoms with van der Waals surface area (Å²) in [5.41, 5.74) is 1.12. The van der Waals surface area contributed by atoms with Crippen LogP contribution in [0.3, 0.4) is 0 Å². The van der Waals surface area contributed by atoms with Gasteiger partial charge in [-0.25, -0.2) is 4.98 Å². The molecule has 1 N–H and O–H groups in total. The lowest BCUT2D eigenvalue weighted by atomic mass is 10.2. The molecule has 100 valence electrons. The van der Waals surface area contributed by atoms with Crippen molar-refractivity contribution in [3.8, 4) is 5.88 Å². The first kappa shape index (κ1) is 13.3. The lowest BCUT2D eigenvalue weighted by Gasteiger charge is -2.26. The molecule has 4 heteroatoms. The number of piperazine rings is 1. The van der Waals surface area contributed by atoms with E-state index in [-0.39, 0.29) is 0 Å². The molecule has 2 rings (SSSR count). The summed E-state index contributed by atoms with van der Waals surface area (Å²) in [5.74, 6) is 0.760. The fourth-order valence-corrected chi connectivity index (χ4v) is 2.15. The number of rotatable bonds is 6. The first-order valence-corrected chi connectivity index (χ1v) is 6.90. The SMILES string of the molecule is CCCc1cccc(OCCN2CCNCC2)n1. The second-order valence-corrected chi connectivity index (χ2v) is 4.66. The predicted octanol–water partition coefficient (Wildman–Crippen LogP) is 1.32. The zero-order chi connectivity index (χ0) is 12.6. The van der Waals surface area contributed by atoms with E-state index in [9.17, 15) is 0 Å². The maximum Gasteiger partial charge on any atom is 0.213 e. The fourth-order valence-electron chi connectivity index (χ4n) is 2.15. The molecule has 0 aromatic carbocycles. The second kappa shape index (κ2) is 7.34. The molecule has 4 nitrogen and oxygen atoms in total. The van der Waals surface area contributed by atoms with Gasteiger partial charge in [0.2, 0.25) is 5.88 Å². The van der Waals surface area contributed by atoms with Crippen molar-refractivity contribution in [3.63, 3.8) is 0 Å². The molecular formula is C14H23N3O. The molecule has 1 aromatic rings. The van der Waals surface area contributed by atoms with Crippen molar-refractivity contribution in [3.05, 3.63) is 23.9 Å². The van der Waals surface area contributed by atoms with Crippen LogP contribution in [-0.4, -0.2) is 49.2 Å². The van der Waals surface area contributed by atoms with Gasteiger partial charge in [0.15, 0.2) is 0 Å². The molecule has 0 amide bonds. The molecule has 0 saturated carbocycles. The van der Waals surface area contributed by atoms with Crippen LogP contribution in [0, 0.1) is 0 Å². The van der Waals surface area contributed by atoms with E-state index in [0.717, 1.165) is 63.7 Å². The molecule has 18 heavy (non-hydrogen) atoms. The van der Waals surface area contributed by atoms with E-state index < -0.39 is 0 Å². The van der Waals surface area contributed by atoms with E-state index in [4.69, 9.17) is 4.74 Å². The highest BCUT2D eigenvalue weighted by molar-refractivity contribution is 5.15. The van der Waals surface area contributed by atoms with Gasteiger partial charge in [0.25, 0.3) is 0 Å². The van der Waals surface area contributed by atoms with Gasteiger partial charge in [0, 0.05) is 44.5 Å². The quantitative estimate of drug-likeness (QED) is 0.825. The second-order valence-electron chi connectivity index (χ2n) is 4.66. The number of nitrogens with one attached hydrogen (secondary N) is 1. The minimum atomic E-state index is 0.725. The highest BCUT2D eigenvalue weighted by Crippen LogP contribution is 2.09. The van der Waals surface area contributed by atoms with Crippen LogP contribution in [0.5, 0.6) is 5.88 Å². The van der Waals surface area contributed by atoms with E-state index in [1.54, 1.807) is 0 Å². The fraction of sp³-hybridized carbons (Fsp3) is 0.643. The van der Waals surface area contributed by atoms with Gasteiger partial charge in [-0.15, -0.1) is 0 Å². The van der Waals surface area contributed by atoms with Crippen LogP contribution < -0.4 is 10.1 Å². The Hall–Kier alpha value is -1.13. The van der Waals surface area contributed by atoms with Gasteiger partial charge in [0.05, 0.1) is 0 Å². The summed E-state index contributed by atoms with van der Waals surface area (Å²) >= 11 is 0. The Bertz CT molecular complexity index is 351. The third-order valence-corrected chi connectivity index (χ3v) is 3.15. The standard InChI is InChI=1S/C14H23N3O/c1-2-4-13-5-3-6-14(16-13)18-12-11-17-9-7-15-8-10-17/h3,5-6,15H,2,4,7-12H2,1H3. The van der Waals surface area contributed by atoms with Crippen molar-refractivity contribution in [2.24, 2.45) is 0 Å². The summed E-state index contributed by atoms with van der Waals surface area (Å²) in [6.07, 6.45) is 2.15. The number of aryl methyl sites for hydroxylation is 1. The summed E-state index contributed by atoms with van der Waals surface area (Å²) in [7, 11) is 0. The van der Waals surface area contributed by atoms with E-state index >= 15 is 0 Å². The molecule has 0 spiro atoms. The van der Waals surface area contributed by atoms with Crippen LogP contribution in [0.2, 0.25) is 0 Å². The zero-order valence-corrected chi connectivity index (χ0v) is 11.2. The molecule has 1 aromatic heterocycles. The van der Waals surface area contributed by atoms with Gasteiger partial charge in [0.1, 0.15) is 6.61 Å². The smallest absolute Gasteiger partial charge is 0.213 e. The normalized spacial score (nSPS) is 16.7. The minimum absolute atomic E-state index is 0.725. The zero-order valence-electron chi connectivity index (χ0n) is 11.2. The summed E-state index contributed by atoms with van der Waals surface area (Å²) in [6.45, 7) is 8.29. The highest BCUT2D eigenvalue weighted by Gasteiger charge is 2.08. The highest BCUT2D eigenvalue weighted by atomic mass is 16.5. The van der Waals surface area contributed by atoms with Gasteiger partial charge >= 0.3 is 0 Å². The Balaban J connectivity index is 1.73. The third kappa shape index (κ3) is 4.27. The summed E-state index contributed by atoms with van der Waals surface area (Å²) in [5, 5.41) is 3.35. The Kier molecular flexibility index (Phi) is 5.42. The molecule has 0 atom stereocenters. The summed E-state index contributed by atoms with van der Waals surface area (Å²) < 4.78 is 5.72. The van der Waals surface area contributed by atoms with Crippen molar-refractivity contribution >= 4 is 0 Å². The Morgan fingerprint density at radius 2 is 2.17 bits per heavy atom. The number of ether oxygens (including phenoxy) is 1. The molecular weight excluding hydrogens is 226 g/mol. The van der Waals surface area contributed by atoms with Gasteiger partial charge < -0.3 is 10.1 Å². The topological polar surface area (TPSA) is 37.4 Å². The van der Waals surface area contributed by atoms with Crippen molar-refractivity contribution in [2.45, 2.75) is 19.8 Å². The van der Waals surface area contributed by atoms with Gasteiger partial charge in [-0.1, -0.05) is 19.4 Å². The van der Waals surface area contributed by atoms with E-state index in [1.165, 1.54) is 0 Å². The first-order chi connectivity index (χ1) is 8.88. The van der Waals surface area contributed by atoms with Crippen LogP contribution in [-0.2, 0) is 6.42 Å². The number of aromatic nitrogens is 1. The predicted molar refractivity (Wildman–Crippen MR) is 73.0 cm³/mol. The Morgan fingerprint density at radius 1 is 1.33 bits per heavy atom. The molecule has 0 radical (unpaired) electrons. The number of pyridine rings is 1. The maximum absolute atomic E-state index is 5.72. The molecule has 0 bridgehead atoms. The molecule has 2 heterocycles. The number of hydrogen-bond donors (Lipinski definition) is 1. The maximum atomic E-state index is 5.72. The van der Waals surface area contributed by atoms with Crippen molar-refractivity contribution in [1.82, 2.24) is 15.2 Å². The third-order valence-electron chi connectivity index (χ3n) is 3.15. The molecule has 1 aliphatic heterocycles. The van der Waals surface area contributed by atoms with Crippen LogP contribution >= 0.6 is 0 Å². The Morgan fingerprint density at radius 3 is 2.94 bits per heavy atom. The molecule has 1 fully saturated rings. The molecule has 1 aliphatic rings. The van der Waals surface area contributed by atoms with Crippen LogP contribution in [0.1, 0.15) is 19.0 Å². The van der Waals surface area contributed by atoms with E-state index in [1.807, 2.05) is 12.1 Å². The van der Waals surface area contributed by atoms with Crippen LogP contribution in [0.4, 0.5) is 0 Å². The van der Waals surface area contributed by atoms with Gasteiger partial charge in [-0.3, -0.25) is 4.90 Å². The lowest BCUT2D eigenvalue weighted by Crippen LogP contribution is -2.44. The van der Waals surface area contributed by atoms with Crippen molar-refractivity contribution < 1.29 is 4.74 Å². The number of hydrogen-bond acceptors (Lipinski definition) is 4. The Labute approximate surface area is 109 Å². The number of nitrogens with zero attached hydrogens (tertiary/aromatic N) is 2. The lowest BCUT2D eigenvalue weighted by molar-refractivity contribution is 0.188. The summed E-state index contributed by atoms with van der Waals surface area (Å²) in [4.78, 5) is 6.92. The largest absolute Gasteiger partial charge is 0.476 e. The first-order valence-electron chi connectivity index (χ1n) is 6.90. The minimum Gasteiger partial charge on any atom is -0.476 e. The van der Waals surface area contributed by atoms with Crippen molar-refractivity contribution in [1.29, 1.82) is 0 Å². The van der Waals surface area contributed by atoms with Crippen LogP contribution in [0.15, 0.2) is 18.2 Å². The molecule has 0 unspecified atom stereocenters. The average molecular weight is 249 g/mol. The van der Waals surface area contributed by atoms with Gasteiger partial charge in [-0.2, -0.15) is 0 Å². The molecule has 0 aliphatic carbocycles. The van der Waals surface area contributed by atoms with Crippen molar-refractivity contribution in [2.75, 3.05) is 39.3 Å². The summed E-state index contributed by atoms with van der Waals surface area (Å²) in [6, 6.07) is 6.03. The molecule has 1 saturated heterocycles. The monoisotopic (exact) mass is 249 g/mol.